The number of thioether (sulfide) groups is 1. The van der Waals surface area contributed by atoms with E-state index in [-0.39, 0.29) is 21.9 Å². The monoisotopic (exact) mass is 555 g/mol. The number of benzene rings is 3. The van der Waals surface area contributed by atoms with E-state index in [1.165, 1.54) is 36.0 Å². The topological polar surface area (TPSA) is 110 Å². The number of amidine groups is 1. The van der Waals surface area contributed by atoms with Crippen LogP contribution in [-0.2, 0) is 10.0 Å². The van der Waals surface area contributed by atoms with Gasteiger partial charge in [-0.1, -0.05) is 65.8 Å². The van der Waals surface area contributed by atoms with E-state index < -0.39 is 10.0 Å². The third-order valence-electron chi connectivity index (χ3n) is 5.74. The Balaban J connectivity index is 1.81. The Kier molecular flexibility index (Phi) is 8.52. The molecule has 3 aromatic rings. The molecule has 11 heteroatoms. The van der Waals surface area contributed by atoms with Crippen LogP contribution in [0.5, 0.6) is 5.75 Å². The first kappa shape index (κ1) is 26.7. The highest BCUT2D eigenvalue weighted by molar-refractivity contribution is 8.13. The van der Waals surface area contributed by atoms with E-state index in [0.29, 0.717) is 23.7 Å². The Labute approximate surface area is 226 Å². The molecule has 0 aromatic heterocycles. The van der Waals surface area contributed by atoms with Crippen LogP contribution >= 0.6 is 23.4 Å². The molecule has 0 saturated carbocycles. The van der Waals surface area contributed by atoms with E-state index in [4.69, 9.17) is 27.2 Å². The van der Waals surface area contributed by atoms with Crippen LogP contribution < -0.4 is 10.5 Å². The Morgan fingerprint density at radius 2 is 1.76 bits per heavy atom. The number of nitrogens with two attached hydrogens (primary N) is 1. The first-order valence-electron chi connectivity index (χ1n) is 11.3. The summed E-state index contributed by atoms with van der Waals surface area (Å²) in [7, 11) is -2.60. The number of halogens is 1. The van der Waals surface area contributed by atoms with E-state index in [1.807, 2.05) is 30.3 Å². The molecule has 0 fully saturated rings. The van der Waals surface area contributed by atoms with Crippen molar-refractivity contribution < 1.29 is 13.2 Å². The third kappa shape index (κ3) is 6.51. The van der Waals surface area contributed by atoms with Crippen LogP contribution in [-0.4, -0.2) is 50.2 Å². The Bertz CT molecular complexity index is 1430. The van der Waals surface area contributed by atoms with Crippen molar-refractivity contribution in [2.24, 2.45) is 20.2 Å². The molecule has 1 aliphatic rings. The van der Waals surface area contributed by atoms with Crippen LogP contribution in [0.4, 0.5) is 0 Å². The zero-order chi connectivity index (χ0) is 26.4. The quantitative estimate of drug-likeness (QED) is 0.352. The molecule has 0 amide bonds. The first-order valence-corrected chi connectivity index (χ1v) is 14.4. The standard InChI is InChI=1S/C26H26ClN5O3S2/c1-35-21-12-14-22(15-13-21)37(33,34)31-26(29-25(28)36-2)32-17-16-23(18-6-4-3-5-7-18)24(30-32)19-8-10-20(27)11-9-19/h3-15,23H,16-17H2,1-2H3,(H2,28,29,31). The molecule has 0 aliphatic carbocycles. The summed E-state index contributed by atoms with van der Waals surface area (Å²) in [6.45, 7) is 0.388. The largest absolute Gasteiger partial charge is 0.497 e. The second-order valence-corrected chi connectivity index (χ2v) is 10.9. The highest BCUT2D eigenvalue weighted by atomic mass is 35.5. The molecule has 0 saturated heterocycles. The van der Waals surface area contributed by atoms with Gasteiger partial charge in [0.25, 0.3) is 16.0 Å². The number of ether oxygens (including phenoxy) is 1. The molecule has 0 bridgehead atoms. The highest BCUT2D eigenvalue weighted by Gasteiger charge is 2.29. The third-order valence-corrected chi connectivity index (χ3v) is 7.77. The lowest BCUT2D eigenvalue weighted by Crippen LogP contribution is -2.36. The summed E-state index contributed by atoms with van der Waals surface area (Å²) in [5.41, 5.74) is 8.71. The molecule has 3 aromatic carbocycles. The van der Waals surface area contributed by atoms with Crippen LogP contribution in [0, 0.1) is 0 Å². The number of hydrazone groups is 1. The molecule has 0 spiro atoms. The summed E-state index contributed by atoms with van der Waals surface area (Å²) in [6.07, 6.45) is 2.40. The SMILES string of the molecule is COc1ccc(S(=O)(=O)/N=C(/N=C(/N)SC)N2CCC(c3ccccc3)C(c3ccc(Cl)cc3)=N2)cc1. The summed E-state index contributed by atoms with van der Waals surface area (Å²) >= 11 is 7.31. The summed E-state index contributed by atoms with van der Waals surface area (Å²) in [5.74, 6) is 0.411. The van der Waals surface area contributed by atoms with Crippen molar-refractivity contribution in [2.75, 3.05) is 19.9 Å². The minimum absolute atomic E-state index is 0.00444. The molecular weight excluding hydrogens is 530 g/mol. The fraction of sp³-hybridized carbons (Fsp3) is 0.192. The fourth-order valence-corrected chi connectivity index (χ4v) is 5.08. The molecule has 2 N–H and O–H groups in total. The highest BCUT2D eigenvalue weighted by Crippen LogP contribution is 2.30. The molecule has 192 valence electrons. The summed E-state index contributed by atoms with van der Waals surface area (Å²) in [4.78, 5) is 4.31. The predicted octanol–water partition coefficient (Wildman–Crippen LogP) is 4.96. The van der Waals surface area contributed by atoms with Gasteiger partial charge >= 0.3 is 0 Å². The molecule has 1 aliphatic heterocycles. The van der Waals surface area contributed by atoms with Crippen molar-refractivity contribution in [2.45, 2.75) is 17.2 Å². The number of hydrogen-bond donors (Lipinski definition) is 1. The van der Waals surface area contributed by atoms with Gasteiger partial charge in [-0.3, -0.25) is 0 Å². The van der Waals surface area contributed by atoms with Crippen LogP contribution in [0.2, 0.25) is 5.02 Å². The fourth-order valence-electron chi connectivity index (χ4n) is 3.85. The molecular formula is C26H26ClN5O3S2. The smallest absolute Gasteiger partial charge is 0.285 e. The van der Waals surface area contributed by atoms with E-state index >= 15 is 0 Å². The van der Waals surface area contributed by atoms with Crippen LogP contribution in [0.15, 0.2) is 98.2 Å². The van der Waals surface area contributed by atoms with Crippen molar-refractivity contribution in [1.82, 2.24) is 5.01 Å². The average Bonchev–Trinajstić information content (AvgIpc) is 2.93. The Morgan fingerprint density at radius 1 is 1.08 bits per heavy atom. The van der Waals surface area contributed by atoms with Crippen molar-refractivity contribution in [1.29, 1.82) is 0 Å². The molecule has 0 radical (unpaired) electrons. The number of sulfonamides is 1. The Morgan fingerprint density at radius 3 is 2.38 bits per heavy atom. The predicted molar refractivity (Wildman–Crippen MR) is 151 cm³/mol. The molecule has 4 rings (SSSR count). The maximum absolute atomic E-state index is 13.2. The van der Waals surface area contributed by atoms with Gasteiger partial charge in [0.15, 0.2) is 5.17 Å². The number of nitrogens with zero attached hydrogens (tertiary/aromatic N) is 4. The van der Waals surface area contributed by atoms with Crippen molar-refractivity contribution in [3.05, 3.63) is 95.0 Å². The number of aliphatic imine (C=N–C) groups is 1. The van der Waals surface area contributed by atoms with Gasteiger partial charge in [0.05, 0.1) is 17.7 Å². The van der Waals surface area contributed by atoms with Gasteiger partial charge in [-0.05, 0) is 60.2 Å². The minimum atomic E-state index is -4.11. The van der Waals surface area contributed by atoms with E-state index in [1.54, 1.807) is 30.5 Å². The number of hydrogen-bond acceptors (Lipinski definition) is 5. The van der Waals surface area contributed by atoms with E-state index in [9.17, 15) is 8.42 Å². The van der Waals surface area contributed by atoms with Gasteiger partial charge in [0, 0.05) is 17.5 Å². The van der Waals surface area contributed by atoms with Gasteiger partial charge in [0.1, 0.15) is 5.75 Å². The maximum atomic E-state index is 13.2. The second kappa shape index (κ2) is 11.8. The average molecular weight is 556 g/mol. The molecule has 1 atom stereocenters. The van der Waals surface area contributed by atoms with Gasteiger partial charge < -0.3 is 10.5 Å². The summed E-state index contributed by atoms with van der Waals surface area (Å²) < 4.78 is 35.6. The van der Waals surface area contributed by atoms with E-state index in [0.717, 1.165) is 16.8 Å². The molecule has 37 heavy (non-hydrogen) atoms. The van der Waals surface area contributed by atoms with Crippen molar-refractivity contribution in [3.8, 4) is 5.75 Å². The summed E-state index contributed by atoms with van der Waals surface area (Å²) in [5, 5.41) is 7.12. The zero-order valence-corrected chi connectivity index (χ0v) is 22.7. The van der Waals surface area contributed by atoms with Crippen LogP contribution in [0.3, 0.4) is 0 Å². The first-order chi connectivity index (χ1) is 17.8. The summed E-state index contributed by atoms with van der Waals surface area (Å²) in [6, 6.07) is 23.4. The normalized spacial score (nSPS) is 16.9. The van der Waals surface area contributed by atoms with Crippen LogP contribution in [0.25, 0.3) is 0 Å². The lowest BCUT2D eigenvalue weighted by Gasteiger charge is -2.30. The Hall–Kier alpha value is -3.34. The number of methoxy groups -OCH3 is 1. The van der Waals surface area contributed by atoms with Crippen molar-refractivity contribution in [3.63, 3.8) is 0 Å². The lowest BCUT2D eigenvalue weighted by molar-refractivity contribution is 0.400. The van der Waals surface area contributed by atoms with Crippen molar-refractivity contribution >= 4 is 50.2 Å². The zero-order valence-electron chi connectivity index (χ0n) is 20.3. The van der Waals surface area contributed by atoms with Gasteiger partial charge in [-0.2, -0.15) is 18.5 Å². The van der Waals surface area contributed by atoms with Gasteiger partial charge in [0.2, 0.25) is 0 Å². The molecule has 1 unspecified atom stereocenters. The lowest BCUT2D eigenvalue weighted by atomic mass is 9.86. The van der Waals surface area contributed by atoms with Gasteiger partial charge in [-0.15, -0.1) is 4.40 Å². The van der Waals surface area contributed by atoms with Crippen LogP contribution in [0.1, 0.15) is 23.5 Å². The molecule has 8 nitrogen and oxygen atoms in total. The number of rotatable bonds is 5. The maximum Gasteiger partial charge on any atom is 0.285 e. The number of guanidine groups is 1. The van der Waals surface area contributed by atoms with Gasteiger partial charge in [-0.25, -0.2) is 5.01 Å². The second-order valence-electron chi connectivity index (χ2n) is 8.06. The molecule has 1 heterocycles. The minimum Gasteiger partial charge on any atom is -0.497 e. The van der Waals surface area contributed by atoms with E-state index in [2.05, 4.69) is 21.5 Å².